The van der Waals surface area contributed by atoms with Crippen LogP contribution in [0.4, 0.5) is 0 Å². The summed E-state index contributed by atoms with van der Waals surface area (Å²) >= 11 is 0. The molecule has 0 aliphatic rings. The Labute approximate surface area is 197 Å². The molecule has 184 valence electrons. The standard InChI is InChI=1S/C26H54O3Si2/c1-15-23(28-30(11,12)25(5,6)7)21(3)16-17-24(22(4)18-20(2)19-27)29-31(13,14)26(8,9)10/h16-17,19-24H,15,18H2,1-14H3/b17-16+/t20-,21+,22+,23+,24?/m0/s1. The highest BCUT2D eigenvalue weighted by molar-refractivity contribution is 6.74. The number of aldehydes is 1. The summed E-state index contributed by atoms with van der Waals surface area (Å²) in [6, 6.07) is 0. The van der Waals surface area contributed by atoms with E-state index >= 15 is 0 Å². The second kappa shape index (κ2) is 11.8. The minimum Gasteiger partial charge on any atom is -0.413 e. The van der Waals surface area contributed by atoms with E-state index in [9.17, 15) is 4.79 Å². The number of carbonyl (C=O) groups is 1. The molecule has 0 aromatic rings. The predicted molar refractivity (Wildman–Crippen MR) is 142 cm³/mol. The minimum absolute atomic E-state index is 0.0242. The van der Waals surface area contributed by atoms with E-state index < -0.39 is 16.6 Å². The Morgan fingerprint density at radius 2 is 1.26 bits per heavy atom. The number of rotatable bonds is 12. The van der Waals surface area contributed by atoms with Crippen LogP contribution >= 0.6 is 0 Å². The summed E-state index contributed by atoms with van der Waals surface area (Å²) in [6.45, 7) is 31.7. The highest BCUT2D eigenvalue weighted by Crippen LogP contribution is 2.40. The zero-order valence-corrected chi connectivity index (χ0v) is 25.3. The second-order valence-electron chi connectivity index (χ2n) is 12.7. The smallest absolute Gasteiger partial charge is 0.192 e. The lowest BCUT2D eigenvalue weighted by molar-refractivity contribution is -0.111. The van der Waals surface area contributed by atoms with E-state index in [-0.39, 0.29) is 28.2 Å². The molecule has 0 aliphatic carbocycles. The molecule has 0 bridgehead atoms. The van der Waals surface area contributed by atoms with Crippen LogP contribution in [0.25, 0.3) is 0 Å². The highest BCUT2D eigenvalue weighted by Gasteiger charge is 2.41. The normalized spacial score (nSPS) is 19.2. The summed E-state index contributed by atoms with van der Waals surface area (Å²) < 4.78 is 13.6. The van der Waals surface area contributed by atoms with Crippen LogP contribution in [0.1, 0.15) is 82.1 Å². The van der Waals surface area contributed by atoms with Gasteiger partial charge in [-0.3, -0.25) is 0 Å². The van der Waals surface area contributed by atoms with Gasteiger partial charge in [-0.15, -0.1) is 0 Å². The van der Waals surface area contributed by atoms with Crippen molar-refractivity contribution < 1.29 is 13.6 Å². The lowest BCUT2D eigenvalue weighted by atomic mass is 9.92. The summed E-state index contributed by atoms with van der Waals surface area (Å²) in [5, 5.41) is 0.357. The molecule has 0 radical (unpaired) electrons. The maximum absolute atomic E-state index is 11.3. The first-order valence-electron chi connectivity index (χ1n) is 12.3. The van der Waals surface area contributed by atoms with Crippen LogP contribution in [0.5, 0.6) is 0 Å². The summed E-state index contributed by atoms with van der Waals surface area (Å²) in [5.74, 6) is 0.663. The van der Waals surface area contributed by atoms with Gasteiger partial charge in [0, 0.05) is 5.92 Å². The summed E-state index contributed by atoms with van der Waals surface area (Å²) in [6.07, 6.45) is 7.73. The van der Waals surface area contributed by atoms with Crippen LogP contribution < -0.4 is 0 Å². The van der Waals surface area contributed by atoms with Crippen molar-refractivity contribution in [1.29, 1.82) is 0 Å². The Kier molecular flexibility index (Phi) is 11.7. The van der Waals surface area contributed by atoms with Gasteiger partial charge < -0.3 is 13.6 Å². The number of hydrogen-bond acceptors (Lipinski definition) is 3. The van der Waals surface area contributed by atoms with Gasteiger partial charge in [-0.2, -0.15) is 0 Å². The SMILES string of the molecule is CC[C@@H](O[Si](C)(C)C(C)(C)C)[C@H](C)/C=C/C(O[Si](C)(C)C(C)(C)C)[C@H](C)C[C@H](C)C=O. The largest absolute Gasteiger partial charge is 0.413 e. The van der Waals surface area contributed by atoms with E-state index in [1.165, 1.54) is 0 Å². The fraction of sp³-hybridized carbons (Fsp3) is 0.885. The van der Waals surface area contributed by atoms with Crippen LogP contribution in [-0.4, -0.2) is 35.1 Å². The predicted octanol–water partition coefficient (Wildman–Crippen LogP) is 8.23. The van der Waals surface area contributed by atoms with E-state index in [0.29, 0.717) is 11.8 Å². The van der Waals surface area contributed by atoms with E-state index in [1.807, 2.05) is 6.92 Å². The van der Waals surface area contributed by atoms with E-state index in [1.54, 1.807) is 0 Å². The van der Waals surface area contributed by atoms with Crippen LogP contribution in [0.3, 0.4) is 0 Å². The first kappa shape index (κ1) is 30.8. The molecular weight excluding hydrogens is 416 g/mol. The average molecular weight is 471 g/mol. The third kappa shape index (κ3) is 9.65. The number of hydrogen-bond donors (Lipinski definition) is 0. The number of carbonyl (C=O) groups excluding carboxylic acids is 1. The van der Waals surface area contributed by atoms with Gasteiger partial charge in [0.15, 0.2) is 16.6 Å². The molecule has 0 saturated carbocycles. The summed E-state index contributed by atoms with van der Waals surface area (Å²) in [7, 11) is -3.74. The quantitative estimate of drug-likeness (QED) is 0.164. The molecule has 0 spiro atoms. The van der Waals surface area contributed by atoms with Crippen LogP contribution in [0.15, 0.2) is 12.2 Å². The zero-order valence-electron chi connectivity index (χ0n) is 23.3. The van der Waals surface area contributed by atoms with Gasteiger partial charge in [-0.05, 0) is 60.9 Å². The van der Waals surface area contributed by atoms with Crippen molar-refractivity contribution in [3.05, 3.63) is 12.2 Å². The summed E-state index contributed by atoms with van der Waals surface area (Å²) in [5.41, 5.74) is 0. The monoisotopic (exact) mass is 470 g/mol. The molecule has 0 fully saturated rings. The highest BCUT2D eigenvalue weighted by atomic mass is 28.4. The van der Waals surface area contributed by atoms with Crippen molar-refractivity contribution in [3.8, 4) is 0 Å². The third-order valence-electron chi connectivity index (χ3n) is 7.62. The van der Waals surface area contributed by atoms with Crippen molar-refractivity contribution in [2.45, 2.75) is 131 Å². The Morgan fingerprint density at radius 1 is 0.806 bits per heavy atom. The van der Waals surface area contributed by atoms with E-state index in [0.717, 1.165) is 19.1 Å². The molecule has 0 rings (SSSR count). The molecule has 0 aromatic heterocycles. The maximum atomic E-state index is 11.3. The first-order chi connectivity index (χ1) is 13.8. The first-order valence-corrected chi connectivity index (χ1v) is 18.1. The average Bonchev–Trinajstić information content (AvgIpc) is 2.60. The van der Waals surface area contributed by atoms with Crippen LogP contribution in [0, 0.1) is 17.8 Å². The Morgan fingerprint density at radius 3 is 1.65 bits per heavy atom. The molecule has 0 aromatic carbocycles. The fourth-order valence-corrected chi connectivity index (χ4v) is 6.00. The van der Waals surface area contributed by atoms with Crippen molar-refractivity contribution >= 4 is 22.9 Å². The van der Waals surface area contributed by atoms with Gasteiger partial charge in [-0.25, -0.2) is 0 Å². The molecule has 0 amide bonds. The molecule has 5 heteroatoms. The topological polar surface area (TPSA) is 35.5 Å². The van der Waals surface area contributed by atoms with Crippen LogP contribution in [0.2, 0.25) is 36.3 Å². The molecule has 0 saturated heterocycles. The van der Waals surface area contributed by atoms with Crippen molar-refractivity contribution in [1.82, 2.24) is 0 Å². The van der Waals surface area contributed by atoms with Gasteiger partial charge in [-0.1, -0.05) is 81.4 Å². The van der Waals surface area contributed by atoms with Gasteiger partial charge in [0.2, 0.25) is 0 Å². The lowest BCUT2D eigenvalue weighted by Gasteiger charge is -2.41. The Hall–Kier alpha value is -0.236. The molecule has 31 heavy (non-hydrogen) atoms. The van der Waals surface area contributed by atoms with Gasteiger partial charge in [0.05, 0.1) is 12.2 Å². The Bertz CT molecular complexity index is 570. The third-order valence-corrected chi connectivity index (χ3v) is 16.6. The molecular formula is C26H54O3Si2. The fourth-order valence-electron chi connectivity index (χ4n) is 3.16. The maximum Gasteiger partial charge on any atom is 0.192 e. The lowest BCUT2D eigenvalue weighted by Crippen LogP contribution is -2.45. The Balaban J connectivity index is 5.66. The molecule has 3 nitrogen and oxygen atoms in total. The zero-order chi connectivity index (χ0) is 24.8. The molecule has 5 atom stereocenters. The van der Waals surface area contributed by atoms with Crippen molar-refractivity contribution in [2.24, 2.45) is 17.8 Å². The van der Waals surface area contributed by atoms with Gasteiger partial charge in [0.1, 0.15) is 6.29 Å². The molecule has 0 aliphatic heterocycles. The van der Waals surface area contributed by atoms with Crippen molar-refractivity contribution in [3.63, 3.8) is 0 Å². The van der Waals surface area contributed by atoms with Crippen LogP contribution in [-0.2, 0) is 13.6 Å². The second-order valence-corrected chi connectivity index (χ2v) is 22.3. The molecule has 0 heterocycles. The summed E-state index contributed by atoms with van der Waals surface area (Å²) in [4.78, 5) is 11.3. The molecule has 0 N–H and O–H groups in total. The van der Waals surface area contributed by atoms with Gasteiger partial charge >= 0.3 is 0 Å². The van der Waals surface area contributed by atoms with Crippen molar-refractivity contribution in [2.75, 3.05) is 0 Å². The van der Waals surface area contributed by atoms with E-state index in [4.69, 9.17) is 8.85 Å². The minimum atomic E-state index is -1.93. The molecule has 1 unspecified atom stereocenters. The van der Waals surface area contributed by atoms with Gasteiger partial charge in [0.25, 0.3) is 0 Å². The van der Waals surface area contributed by atoms with E-state index in [2.05, 4.69) is 101 Å².